The predicted octanol–water partition coefficient (Wildman–Crippen LogP) is 4.10. The van der Waals surface area contributed by atoms with Crippen molar-refractivity contribution in [3.05, 3.63) is 71.6 Å². The van der Waals surface area contributed by atoms with E-state index in [4.69, 9.17) is 4.98 Å². The number of carbonyl (C=O) groups is 1. The third-order valence-electron chi connectivity index (χ3n) is 4.68. The van der Waals surface area contributed by atoms with Crippen molar-refractivity contribution in [1.29, 1.82) is 0 Å². The molecule has 1 atom stereocenters. The third-order valence-corrected chi connectivity index (χ3v) is 5.45. The minimum atomic E-state index is 0.0376. The fourth-order valence-electron chi connectivity index (χ4n) is 3.24. The Morgan fingerprint density at radius 1 is 1.25 bits per heavy atom. The highest BCUT2D eigenvalue weighted by Gasteiger charge is 2.25. The summed E-state index contributed by atoms with van der Waals surface area (Å²) in [6, 6.07) is 9.53. The Balaban J connectivity index is 1.38. The first kappa shape index (κ1) is 18.3. The maximum Gasteiger partial charge on any atom is 0.246 e. The minimum absolute atomic E-state index is 0.0376. The number of thiazole rings is 1. The third kappa shape index (κ3) is 4.61. The van der Waals surface area contributed by atoms with Crippen LogP contribution in [0.4, 0.5) is 10.9 Å². The van der Waals surface area contributed by atoms with Gasteiger partial charge in [-0.3, -0.25) is 9.78 Å². The quantitative estimate of drug-likeness (QED) is 0.663. The van der Waals surface area contributed by atoms with Gasteiger partial charge in [-0.1, -0.05) is 12.1 Å². The monoisotopic (exact) mass is 391 g/mol. The molecule has 142 valence electrons. The van der Waals surface area contributed by atoms with E-state index in [1.807, 2.05) is 41.3 Å². The number of amides is 1. The van der Waals surface area contributed by atoms with E-state index in [2.05, 4.69) is 20.7 Å². The summed E-state index contributed by atoms with van der Waals surface area (Å²) in [6.45, 7) is 1.48. The number of carbonyl (C=O) groups excluding carboxylic acids is 1. The van der Waals surface area contributed by atoms with Crippen LogP contribution >= 0.6 is 11.3 Å². The Hall–Kier alpha value is -3.06. The summed E-state index contributed by atoms with van der Waals surface area (Å²) in [5.41, 5.74) is 1.96. The van der Waals surface area contributed by atoms with Crippen molar-refractivity contribution in [3.63, 3.8) is 0 Å². The molecule has 0 spiro atoms. The molecule has 0 radical (unpaired) electrons. The maximum absolute atomic E-state index is 12.6. The molecule has 4 heterocycles. The van der Waals surface area contributed by atoms with Crippen LogP contribution in [0.3, 0.4) is 0 Å². The molecule has 7 heteroatoms. The van der Waals surface area contributed by atoms with Gasteiger partial charge in [-0.2, -0.15) is 0 Å². The smallest absolute Gasteiger partial charge is 0.246 e. The van der Waals surface area contributed by atoms with Gasteiger partial charge in [-0.15, -0.1) is 11.3 Å². The van der Waals surface area contributed by atoms with Gasteiger partial charge in [0.05, 0.1) is 5.69 Å². The Labute approximate surface area is 168 Å². The van der Waals surface area contributed by atoms with E-state index >= 15 is 0 Å². The molecule has 3 aromatic heterocycles. The van der Waals surface area contributed by atoms with Crippen molar-refractivity contribution in [3.8, 4) is 0 Å². The number of rotatable bonds is 5. The van der Waals surface area contributed by atoms with Gasteiger partial charge in [0, 0.05) is 49.1 Å². The second kappa shape index (κ2) is 8.75. The molecule has 0 unspecified atom stereocenters. The van der Waals surface area contributed by atoms with Gasteiger partial charge in [0.1, 0.15) is 5.82 Å². The lowest BCUT2D eigenvalue weighted by Crippen LogP contribution is -2.38. The average molecular weight is 392 g/mol. The molecule has 1 amide bonds. The van der Waals surface area contributed by atoms with Crippen LogP contribution < -0.4 is 5.32 Å². The van der Waals surface area contributed by atoms with Gasteiger partial charge in [-0.05, 0) is 42.7 Å². The van der Waals surface area contributed by atoms with Crippen LogP contribution in [0.5, 0.6) is 0 Å². The average Bonchev–Trinajstić information content (AvgIpc) is 3.22. The van der Waals surface area contributed by atoms with Crippen molar-refractivity contribution in [2.75, 3.05) is 18.4 Å². The Kier molecular flexibility index (Phi) is 5.72. The number of aromatic nitrogens is 3. The van der Waals surface area contributed by atoms with Gasteiger partial charge in [0.15, 0.2) is 5.13 Å². The summed E-state index contributed by atoms with van der Waals surface area (Å²) in [5.74, 6) is 1.08. The molecule has 3 aromatic rings. The summed E-state index contributed by atoms with van der Waals surface area (Å²) in [4.78, 5) is 27.5. The number of likely N-dealkylation sites (tertiary alicyclic amines) is 1. The van der Waals surface area contributed by atoms with E-state index in [-0.39, 0.29) is 11.8 Å². The van der Waals surface area contributed by atoms with Crippen LogP contribution in [0.25, 0.3) is 6.08 Å². The van der Waals surface area contributed by atoms with Crippen molar-refractivity contribution in [1.82, 2.24) is 19.9 Å². The number of nitrogens with one attached hydrogen (secondary N) is 1. The van der Waals surface area contributed by atoms with Crippen molar-refractivity contribution >= 4 is 34.3 Å². The van der Waals surface area contributed by atoms with E-state index in [9.17, 15) is 4.79 Å². The molecule has 0 bridgehead atoms. The lowest BCUT2D eigenvalue weighted by molar-refractivity contribution is -0.127. The molecule has 6 nitrogen and oxygen atoms in total. The van der Waals surface area contributed by atoms with Crippen molar-refractivity contribution in [2.24, 2.45) is 0 Å². The first-order valence-electron chi connectivity index (χ1n) is 9.28. The van der Waals surface area contributed by atoms with E-state index in [1.165, 1.54) is 0 Å². The Bertz CT molecular complexity index is 942. The SMILES string of the molecule is O=C(/C=C/c1cccnc1)N1CCC[C@@H](c2csc(Nc3ccccn3)n2)C1. The molecule has 1 aliphatic rings. The van der Waals surface area contributed by atoms with Gasteiger partial charge >= 0.3 is 0 Å². The second-order valence-electron chi connectivity index (χ2n) is 6.66. The highest BCUT2D eigenvalue weighted by atomic mass is 32.1. The largest absolute Gasteiger partial charge is 0.338 e. The first-order valence-corrected chi connectivity index (χ1v) is 10.2. The summed E-state index contributed by atoms with van der Waals surface area (Å²) in [5, 5.41) is 6.14. The topological polar surface area (TPSA) is 71.0 Å². The lowest BCUT2D eigenvalue weighted by atomic mass is 9.95. The molecular weight excluding hydrogens is 370 g/mol. The van der Waals surface area contributed by atoms with E-state index in [1.54, 1.807) is 36.0 Å². The van der Waals surface area contributed by atoms with E-state index < -0.39 is 0 Å². The van der Waals surface area contributed by atoms with Gasteiger partial charge in [-0.25, -0.2) is 9.97 Å². The van der Waals surface area contributed by atoms with Gasteiger partial charge < -0.3 is 10.2 Å². The van der Waals surface area contributed by atoms with Crippen LogP contribution in [0.15, 0.2) is 60.4 Å². The van der Waals surface area contributed by atoms with Crippen LogP contribution in [0, 0.1) is 0 Å². The standard InChI is InChI=1S/C21H21N5OS/c27-20(9-8-16-5-3-10-22-13-16)26-12-4-6-17(14-26)18-15-28-21(24-18)25-19-7-1-2-11-23-19/h1-3,5,7-11,13,15,17H,4,6,12,14H2,(H,23,24,25)/b9-8+/t17-/m1/s1. The molecule has 4 rings (SSSR count). The maximum atomic E-state index is 12.6. The second-order valence-corrected chi connectivity index (χ2v) is 7.52. The summed E-state index contributed by atoms with van der Waals surface area (Å²) >= 11 is 1.57. The zero-order valence-electron chi connectivity index (χ0n) is 15.4. The molecule has 1 saturated heterocycles. The van der Waals surface area contributed by atoms with Crippen molar-refractivity contribution < 1.29 is 4.79 Å². The Morgan fingerprint density at radius 2 is 2.21 bits per heavy atom. The van der Waals surface area contributed by atoms with E-state index in [0.29, 0.717) is 6.54 Å². The summed E-state index contributed by atoms with van der Waals surface area (Å²) in [6.07, 6.45) is 10.7. The van der Waals surface area contributed by atoms with Crippen LogP contribution in [0.2, 0.25) is 0 Å². The fraction of sp³-hybridized carbons (Fsp3) is 0.238. The molecule has 0 saturated carbocycles. The molecule has 0 aromatic carbocycles. The molecular formula is C21H21N5OS. The number of hydrogen-bond donors (Lipinski definition) is 1. The number of nitrogens with zero attached hydrogens (tertiary/aromatic N) is 4. The van der Waals surface area contributed by atoms with Crippen molar-refractivity contribution in [2.45, 2.75) is 18.8 Å². The predicted molar refractivity (Wildman–Crippen MR) is 111 cm³/mol. The van der Waals surface area contributed by atoms with Crippen LogP contribution in [-0.2, 0) is 4.79 Å². The molecule has 1 fully saturated rings. The van der Waals surface area contributed by atoms with Crippen LogP contribution in [0.1, 0.15) is 30.0 Å². The fourth-order valence-corrected chi connectivity index (χ4v) is 4.04. The molecule has 1 aliphatic heterocycles. The number of pyridine rings is 2. The lowest BCUT2D eigenvalue weighted by Gasteiger charge is -2.31. The number of hydrogen-bond acceptors (Lipinski definition) is 6. The Morgan fingerprint density at radius 3 is 3.04 bits per heavy atom. The van der Waals surface area contributed by atoms with Crippen LogP contribution in [-0.4, -0.2) is 38.8 Å². The first-order chi connectivity index (χ1) is 13.8. The summed E-state index contributed by atoms with van der Waals surface area (Å²) in [7, 11) is 0. The zero-order chi connectivity index (χ0) is 19.2. The zero-order valence-corrected chi connectivity index (χ0v) is 16.2. The molecule has 28 heavy (non-hydrogen) atoms. The number of piperidine rings is 1. The highest BCUT2D eigenvalue weighted by molar-refractivity contribution is 7.13. The summed E-state index contributed by atoms with van der Waals surface area (Å²) < 4.78 is 0. The minimum Gasteiger partial charge on any atom is -0.338 e. The van der Waals surface area contributed by atoms with Gasteiger partial charge in [0.2, 0.25) is 5.91 Å². The highest BCUT2D eigenvalue weighted by Crippen LogP contribution is 2.30. The number of anilines is 2. The molecule has 1 N–H and O–H groups in total. The molecule has 0 aliphatic carbocycles. The normalized spacial score (nSPS) is 17.0. The van der Waals surface area contributed by atoms with Gasteiger partial charge in [0.25, 0.3) is 0 Å². The van der Waals surface area contributed by atoms with E-state index in [0.717, 1.165) is 41.6 Å².